The summed E-state index contributed by atoms with van der Waals surface area (Å²) in [5, 5.41) is 7.08. The van der Waals surface area contributed by atoms with Crippen molar-refractivity contribution >= 4 is 17.5 Å². The van der Waals surface area contributed by atoms with Gasteiger partial charge in [0.15, 0.2) is 17.5 Å². The van der Waals surface area contributed by atoms with Crippen LogP contribution in [-0.2, 0) is 9.59 Å². The van der Waals surface area contributed by atoms with Gasteiger partial charge in [-0.25, -0.2) is 22.0 Å². The van der Waals surface area contributed by atoms with Crippen LogP contribution in [0.2, 0.25) is 0 Å². The van der Waals surface area contributed by atoms with E-state index >= 15 is 0 Å². The molecule has 2 rings (SSSR count). The van der Waals surface area contributed by atoms with Crippen LogP contribution in [0.15, 0.2) is 30.3 Å². The van der Waals surface area contributed by atoms with Gasteiger partial charge in [0, 0.05) is 17.7 Å². The van der Waals surface area contributed by atoms with Crippen LogP contribution in [0.5, 0.6) is 0 Å². The standard InChI is InChI=1S/C19H18F5N3O2/c1-9(12-4-3-11(20)7-14(12)22)26-10(2)19(29)25-8-16(28)27-15-6-5-13(21)17(23)18(15)24/h3-7,9-10,26H,8H2,1-2H3,(H,25,29)(H,27,28). The van der Waals surface area contributed by atoms with Gasteiger partial charge >= 0.3 is 0 Å². The van der Waals surface area contributed by atoms with Gasteiger partial charge in [-0.1, -0.05) is 6.07 Å². The average Bonchev–Trinajstić information content (AvgIpc) is 2.66. The lowest BCUT2D eigenvalue weighted by molar-refractivity contribution is -0.125. The number of amides is 2. The average molecular weight is 415 g/mol. The molecule has 5 nitrogen and oxygen atoms in total. The third kappa shape index (κ3) is 5.74. The highest BCUT2D eigenvalue weighted by Gasteiger charge is 2.20. The molecule has 29 heavy (non-hydrogen) atoms. The van der Waals surface area contributed by atoms with Gasteiger partial charge < -0.3 is 10.6 Å². The van der Waals surface area contributed by atoms with Gasteiger partial charge in [0.2, 0.25) is 11.8 Å². The summed E-state index contributed by atoms with van der Waals surface area (Å²) in [7, 11) is 0. The quantitative estimate of drug-likeness (QED) is 0.481. The normalized spacial score (nSPS) is 12.9. The summed E-state index contributed by atoms with van der Waals surface area (Å²) in [6, 6.07) is 3.05. The van der Waals surface area contributed by atoms with Gasteiger partial charge in [0.05, 0.1) is 18.3 Å². The first kappa shape index (κ1) is 22.3. The first-order valence-electron chi connectivity index (χ1n) is 8.52. The number of carbonyl (C=O) groups is 2. The second-order valence-electron chi connectivity index (χ2n) is 6.26. The summed E-state index contributed by atoms with van der Waals surface area (Å²) in [4.78, 5) is 23.9. The fourth-order valence-corrected chi connectivity index (χ4v) is 2.53. The maximum atomic E-state index is 13.8. The van der Waals surface area contributed by atoms with E-state index in [2.05, 4.69) is 10.6 Å². The number of hydrogen-bond acceptors (Lipinski definition) is 3. The monoisotopic (exact) mass is 415 g/mol. The molecule has 2 aromatic carbocycles. The Morgan fingerprint density at radius 2 is 1.62 bits per heavy atom. The SMILES string of the molecule is CC(NC(C)c1ccc(F)cc1F)C(=O)NCC(=O)Nc1ccc(F)c(F)c1F. The van der Waals surface area contributed by atoms with Crippen LogP contribution in [0.4, 0.5) is 27.6 Å². The Kier molecular flexibility index (Phi) is 7.27. The lowest BCUT2D eigenvalue weighted by atomic mass is 10.1. The van der Waals surface area contributed by atoms with Crippen molar-refractivity contribution in [1.29, 1.82) is 0 Å². The molecule has 0 bridgehead atoms. The third-order valence-electron chi connectivity index (χ3n) is 4.05. The zero-order valence-electron chi connectivity index (χ0n) is 15.5. The Morgan fingerprint density at radius 3 is 2.28 bits per heavy atom. The molecule has 156 valence electrons. The minimum absolute atomic E-state index is 0.151. The van der Waals surface area contributed by atoms with Crippen LogP contribution in [0, 0.1) is 29.1 Å². The fraction of sp³-hybridized carbons (Fsp3) is 0.263. The highest BCUT2D eigenvalue weighted by molar-refractivity contribution is 5.95. The zero-order chi connectivity index (χ0) is 21.7. The van der Waals surface area contributed by atoms with Gasteiger partial charge in [-0.3, -0.25) is 14.9 Å². The minimum atomic E-state index is -1.73. The number of rotatable bonds is 7. The summed E-state index contributed by atoms with van der Waals surface area (Å²) >= 11 is 0. The van der Waals surface area contributed by atoms with Crippen molar-refractivity contribution in [2.24, 2.45) is 0 Å². The molecule has 2 amide bonds. The Balaban J connectivity index is 1.88. The Bertz CT molecular complexity index is 923. The van der Waals surface area contributed by atoms with Gasteiger partial charge in [0.25, 0.3) is 0 Å². The van der Waals surface area contributed by atoms with Crippen LogP contribution < -0.4 is 16.0 Å². The first-order valence-corrected chi connectivity index (χ1v) is 8.52. The number of nitrogens with one attached hydrogen (secondary N) is 3. The molecule has 0 saturated carbocycles. The van der Waals surface area contributed by atoms with Crippen molar-refractivity contribution in [3.63, 3.8) is 0 Å². The van der Waals surface area contributed by atoms with Crippen LogP contribution in [0.3, 0.4) is 0 Å². The van der Waals surface area contributed by atoms with E-state index in [1.165, 1.54) is 13.0 Å². The lowest BCUT2D eigenvalue weighted by Crippen LogP contribution is -2.45. The molecular formula is C19H18F5N3O2. The number of halogens is 5. The molecule has 3 N–H and O–H groups in total. The predicted molar refractivity (Wildman–Crippen MR) is 95.3 cm³/mol. The van der Waals surface area contributed by atoms with Gasteiger partial charge in [0.1, 0.15) is 11.6 Å². The Labute approximate surface area is 163 Å². The van der Waals surface area contributed by atoms with Gasteiger partial charge in [-0.05, 0) is 32.0 Å². The molecule has 0 saturated heterocycles. The molecule has 0 radical (unpaired) electrons. The van der Waals surface area contributed by atoms with E-state index in [1.54, 1.807) is 6.92 Å². The maximum Gasteiger partial charge on any atom is 0.243 e. The van der Waals surface area contributed by atoms with E-state index < -0.39 is 65.2 Å². The highest BCUT2D eigenvalue weighted by atomic mass is 19.2. The predicted octanol–water partition coefficient (Wildman–Crippen LogP) is 3.18. The lowest BCUT2D eigenvalue weighted by Gasteiger charge is -2.20. The largest absolute Gasteiger partial charge is 0.346 e. The summed E-state index contributed by atoms with van der Waals surface area (Å²) in [5.74, 6) is -7.69. The molecule has 2 aromatic rings. The summed E-state index contributed by atoms with van der Waals surface area (Å²) < 4.78 is 66.3. The molecule has 2 unspecified atom stereocenters. The number of anilines is 1. The van der Waals surface area contributed by atoms with E-state index in [0.29, 0.717) is 6.07 Å². The van der Waals surface area contributed by atoms with Crippen LogP contribution in [0.1, 0.15) is 25.5 Å². The molecule has 0 aromatic heterocycles. The van der Waals surface area contributed by atoms with E-state index in [0.717, 1.165) is 18.2 Å². The molecular weight excluding hydrogens is 397 g/mol. The van der Waals surface area contributed by atoms with Crippen LogP contribution in [-0.4, -0.2) is 24.4 Å². The molecule has 0 aliphatic rings. The number of hydrogen-bond donors (Lipinski definition) is 3. The zero-order valence-corrected chi connectivity index (χ0v) is 15.5. The van der Waals surface area contributed by atoms with E-state index in [4.69, 9.17) is 0 Å². The van der Waals surface area contributed by atoms with Crippen molar-refractivity contribution in [3.05, 3.63) is 65.0 Å². The number of carbonyl (C=O) groups excluding carboxylic acids is 2. The minimum Gasteiger partial charge on any atom is -0.346 e. The summed E-state index contributed by atoms with van der Waals surface area (Å²) in [6.07, 6.45) is 0. The van der Waals surface area contributed by atoms with Crippen molar-refractivity contribution in [1.82, 2.24) is 10.6 Å². The van der Waals surface area contributed by atoms with E-state index in [1.807, 2.05) is 5.32 Å². The number of benzene rings is 2. The van der Waals surface area contributed by atoms with Crippen LogP contribution >= 0.6 is 0 Å². The molecule has 10 heteroatoms. The molecule has 0 aliphatic carbocycles. The van der Waals surface area contributed by atoms with Crippen molar-refractivity contribution in [2.75, 3.05) is 11.9 Å². The van der Waals surface area contributed by atoms with E-state index in [9.17, 15) is 31.5 Å². The smallest absolute Gasteiger partial charge is 0.243 e. The molecule has 2 atom stereocenters. The third-order valence-corrected chi connectivity index (χ3v) is 4.05. The summed E-state index contributed by atoms with van der Waals surface area (Å²) in [5.41, 5.74) is -0.424. The highest BCUT2D eigenvalue weighted by Crippen LogP contribution is 2.20. The topological polar surface area (TPSA) is 70.2 Å². The second kappa shape index (κ2) is 9.46. The fourth-order valence-electron chi connectivity index (χ4n) is 2.53. The molecule has 0 fully saturated rings. The molecule has 0 aliphatic heterocycles. The molecule has 0 spiro atoms. The first-order chi connectivity index (χ1) is 13.6. The van der Waals surface area contributed by atoms with Gasteiger partial charge in [-0.2, -0.15) is 0 Å². The van der Waals surface area contributed by atoms with Crippen molar-refractivity contribution < 1.29 is 31.5 Å². The van der Waals surface area contributed by atoms with Gasteiger partial charge in [-0.15, -0.1) is 0 Å². The maximum absolute atomic E-state index is 13.8. The van der Waals surface area contributed by atoms with Crippen molar-refractivity contribution in [3.8, 4) is 0 Å². The second-order valence-corrected chi connectivity index (χ2v) is 6.26. The molecule has 0 heterocycles. The van der Waals surface area contributed by atoms with E-state index in [-0.39, 0.29) is 5.56 Å². The Hall–Kier alpha value is -3.01. The van der Waals surface area contributed by atoms with Crippen molar-refractivity contribution in [2.45, 2.75) is 25.9 Å². The summed E-state index contributed by atoms with van der Waals surface area (Å²) in [6.45, 7) is 2.46. The Morgan fingerprint density at radius 1 is 0.931 bits per heavy atom. The van der Waals surface area contributed by atoms with Crippen LogP contribution in [0.25, 0.3) is 0 Å².